The van der Waals surface area contributed by atoms with Crippen LogP contribution in [0.2, 0.25) is 0 Å². The van der Waals surface area contributed by atoms with E-state index in [0.717, 1.165) is 24.2 Å². The van der Waals surface area contributed by atoms with Gasteiger partial charge < -0.3 is 5.73 Å². The maximum atomic E-state index is 13.4. The molecule has 20 heavy (non-hydrogen) atoms. The van der Waals surface area contributed by atoms with E-state index in [0.29, 0.717) is 5.92 Å². The average Bonchev–Trinajstić information content (AvgIpc) is 2.89. The van der Waals surface area contributed by atoms with E-state index in [-0.39, 0.29) is 35.0 Å². The lowest BCUT2D eigenvalue weighted by molar-refractivity contribution is -0.123. The lowest BCUT2D eigenvalue weighted by Gasteiger charge is -2.18. The number of nitrogens with two attached hydrogens (primary N) is 1. The van der Waals surface area contributed by atoms with Gasteiger partial charge in [0.05, 0.1) is 17.5 Å². The molecule has 0 bridgehead atoms. The molecule has 1 aromatic carbocycles. The molecule has 2 aliphatic rings. The monoisotopic (exact) mass is 276 g/mol. The van der Waals surface area contributed by atoms with E-state index in [1.165, 1.54) is 18.2 Å². The van der Waals surface area contributed by atoms with Crippen molar-refractivity contribution in [3.8, 4) is 0 Å². The first-order valence-corrected chi connectivity index (χ1v) is 6.95. The summed E-state index contributed by atoms with van der Waals surface area (Å²) in [5.74, 6) is -0.988. The van der Waals surface area contributed by atoms with Crippen LogP contribution in [0, 0.1) is 23.6 Å². The molecule has 2 unspecified atom stereocenters. The van der Waals surface area contributed by atoms with E-state index >= 15 is 0 Å². The number of benzene rings is 1. The number of anilines is 2. The summed E-state index contributed by atoms with van der Waals surface area (Å²) in [5.41, 5.74) is 6.05. The molecule has 1 heterocycles. The zero-order valence-electron chi connectivity index (χ0n) is 11.3. The van der Waals surface area contributed by atoms with Crippen LogP contribution in [0.3, 0.4) is 0 Å². The van der Waals surface area contributed by atoms with Gasteiger partial charge in [0.15, 0.2) is 0 Å². The topological polar surface area (TPSA) is 63.4 Å². The Morgan fingerprint density at radius 1 is 1.20 bits per heavy atom. The maximum Gasteiger partial charge on any atom is 0.237 e. The zero-order chi connectivity index (χ0) is 14.4. The standard InChI is InChI=1S/C15H17FN2O2/c1-2-8-3-12-13(4-8)15(20)18(14(12)19)11-6-9(16)5-10(17)7-11/h5-8,12-13H,2-4,17H2,1H3. The molecular formula is C15H17FN2O2. The van der Waals surface area contributed by atoms with Crippen molar-refractivity contribution in [2.24, 2.45) is 17.8 Å². The summed E-state index contributed by atoms with van der Waals surface area (Å²) in [4.78, 5) is 26.0. The highest BCUT2D eigenvalue weighted by Gasteiger charge is 2.52. The van der Waals surface area contributed by atoms with Gasteiger partial charge >= 0.3 is 0 Å². The Kier molecular flexibility index (Phi) is 3.00. The number of rotatable bonds is 2. The largest absolute Gasteiger partial charge is 0.399 e. The number of fused-ring (bicyclic) bond motifs is 1. The third kappa shape index (κ3) is 1.88. The van der Waals surface area contributed by atoms with Crippen LogP contribution in [-0.4, -0.2) is 11.8 Å². The van der Waals surface area contributed by atoms with E-state index in [9.17, 15) is 14.0 Å². The van der Waals surface area contributed by atoms with E-state index in [1.807, 2.05) is 0 Å². The summed E-state index contributed by atoms with van der Waals surface area (Å²) >= 11 is 0. The SMILES string of the molecule is CCC1CC2C(=O)N(c3cc(N)cc(F)c3)C(=O)C2C1. The molecule has 0 aromatic heterocycles. The van der Waals surface area contributed by atoms with Crippen LogP contribution in [0.4, 0.5) is 15.8 Å². The summed E-state index contributed by atoms with van der Waals surface area (Å²) in [6.07, 6.45) is 2.50. The van der Waals surface area contributed by atoms with Crippen molar-refractivity contribution in [3.05, 3.63) is 24.0 Å². The smallest absolute Gasteiger partial charge is 0.237 e. The number of nitrogen functional groups attached to an aromatic ring is 1. The summed E-state index contributed by atoms with van der Waals surface area (Å²) in [5, 5.41) is 0. The second-order valence-corrected chi connectivity index (χ2v) is 5.71. The first-order chi connectivity index (χ1) is 9.51. The molecule has 106 valence electrons. The lowest BCUT2D eigenvalue weighted by Crippen LogP contribution is -2.32. The van der Waals surface area contributed by atoms with Crippen molar-refractivity contribution in [2.45, 2.75) is 26.2 Å². The third-order valence-corrected chi connectivity index (χ3v) is 4.48. The average molecular weight is 276 g/mol. The normalized spacial score (nSPS) is 29.1. The number of nitrogens with zero attached hydrogens (tertiary/aromatic N) is 1. The van der Waals surface area contributed by atoms with Gasteiger partial charge in [-0.3, -0.25) is 9.59 Å². The number of halogens is 1. The Morgan fingerprint density at radius 3 is 2.30 bits per heavy atom. The van der Waals surface area contributed by atoms with Crippen molar-refractivity contribution in [2.75, 3.05) is 10.6 Å². The summed E-state index contributed by atoms with van der Waals surface area (Å²) in [6.45, 7) is 2.08. The van der Waals surface area contributed by atoms with Crippen LogP contribution >= 0.6 is 0 Å². The number of imide groups is 1. The summed E-state index contributed by atoms with van der Waals surface area (Å²) < 4.78 is 13.4. The fourth-order valence-corrected chi connectivity index (χ4v) is 3.44. The van der Waals surface area contributed by atoms with E-state index < -0.39 is 5.82 Å². The first kappa shape index (κ1) is 13.1. The Labute approximate surface area is 116 Å². The minimum Gasteiger partial charge on any atom is -0.399 e. The second kappa shape index (κ2) is 4.58. The number of carbonyl (C=O) groups excluding carboxylic acids is 2. The van der Waals surface area contributed by atoms with Crippen molar-refractivity contribution < 1.29 is 14.0 Å². The minimum absolute atomic E-state index is 0.207. The van der Waals surface area contributed by atoms with Gasteiger partial charge in [-0.05, 0) is 37.0 Å². The molecule has 1 aromatic rings. The molecule has 1 aliphatic heterocycles. The van der Waals surface area contributed by atoms with Crippen LogP contribution in [-0.2, 0) is 9.59 Å². The van der Waals surface area contributed by atoms with Gasteiger partial charge in [-0.15, -0.1) is 0 Å². The van der Waals surface area contributed by atoms with Crippen molar-refractivity contribution in [1.82, 2.24) is 0 Å². The molecule has 3 rings (SSSR count). The van der Waals surface area contributed by atoms with Gasteiger partial charge in [-0.25, -0.2) is 9.29 Å². The van der Waals surface area contributed by atoms with E-state index in [1.54, 1.807) is 0 Å². The zero-order valence-corrected chi connectivity index (χ0v) is 11.3. The second-order valence-electron chi connectivity index (χ2n) is 5.71. The highest BCUT2D eigenvalue weighted by Crippen LogP contribution is 2.45. The Morgan fingerprint density at radius 2 is 1.80 bits per heavy atom. The lowest BCUT2D eigenvalue weighted by atomic mass is 10.00. The molecule has 5 heteroatoms. The van der Waals surface area contributed by atoms with E-state index in [4.69, 9.17) is 5.73 Å². The van der Waals surface area contributed by atoms with Crippen LogP contribution < -0.4 is 10.6 Å². The highest BCUT2D eigenvalue weighted by molar-refractivity contribution is 6.22. The van der Waals surface area contributed by atoms with Gasteiger partial charge in [0.2, 0.25) is 11.8 Å². The summed E-state index contributed by atoms with van der Waals surface area (Å²) in [7, 11) is 0. The Hall–Kier alpha value is -1.91. The van der Waals surface area contributed by atoms with Gasteiger partial charge in [0.1, 0.15) is 5.82 Å². The van der Waals surface area contributed by atoms with Gasteiger partial charge in [-0.2, -0.15) is 0 Å². The molecule has 2 atom stereocenters. The Bertz CT molecular complexity index is 543. The van der Waals surface area contributed by atoms with Gasteiger partial charge in [0.25, 0.3) is 0 Å². The highest BCUT2D eigenvalue weighted by atomic mass is 19.1. The molecule has 4 nitrogen and oxygen atoms in total. The van der Waals surface area contributed by atoms with Crippen LogP contribution in [0.25, 0.3) is 0 Å². The third-order valence-electron chi connectivity index (χ3n) is 4.48. The van der Waals surface area contributed by atoms with Crippen molar-refractivity contribution in [3.63, 3.8) is 0 Å². The molecule has 1 aliphatic carbocycles. The van der Waals surface area contributed by atoms with E-state index in [2.05, 4.69) is 6.92 Å². The van der Waals surface area contributed by atoms with Crippen LogP contribution in [0.5, 0.6) is 0 Å². The fourth-order valence-electron chi connectivity index (χ4n) is 3.44. The first-order valence-electron chi connectivity index (χ1n) is 6.95. The molecule has 0 radical (unpaired) electrons. The molecular weight excluding hydrogens is 259 g/mol. The van der Waals surface area contributed by atoms with Crippen molar-refractivity contribution in [1.29, 1.82) is 0 Å². The number of carbonyl (C=O) groups is 2. The fraction of sp³-hybridized carbons (Fsp3) is 0.467. The molecule has 2 amide bonds. The van der Waals surface area contributed by atoms with Crippen molar-refractivity contribution >= 4 is 23.2 Å². The summed E-state index contributed by atoms with van der Waals surface area (Å²) in [6, 6.07) is 3.82. The Balaban J connectivity index is 1.93. The minimum atomic E-state index is -0.538. The number of hydrogen-bond donors (Lipinski definition) is 1. The van der Waals surface area contributed by atoms with Crippen LogP contribution in [0.15, 0.2) is 18.2 Å². The predicted molar refractivity (Wildman–Crippen MR) is 73.3 cm³/mol. The molecule has 2 N–H and O–H groups in total. The molecule has 1 saturated carbocycles. The quantitative estimate of drug-likeness (QED) is 0.666. The maximum absolute atomic E-state index is 13.4. The van der Waals surface area contributed by atoms with Gasteiger partial charge in [-0.1, -0.05) is 13.3 Å². The number of amides is 2. The molecule has 2 fully saturated rings. The predicted octanol–water partition coefficient (Wildman–Crippen LogP) is 2.33. The molecule has 1 saturated heterocycles. The number of hydrogen-bond acceptors (Lipinski definition) is 3. The molecule has 0 spiro atoms. The van der Waals surface area contributed by atoms with Gasteiger partial charge in [0, 0.05) is 5.69 Å². The van der Waals surface area contributed by atoms with Crippen LogP contribution in [0.1, 0.15) is 26.2 Å².